The molecule has 20 heavy (non-hydrogen) atoms. The van der Waals surface area contributed by atoms with Crippen LogP contribution in [0.3, 0.4) is 0 Å². The van der Waals surface area contributed by atoms with Crippen LogP contribution < -0.4 is 5.32 Å². The molecule has 1 saturated carbocycles. The van der Waals surface area contributed by atoms with Crippen molar-refractivity contribution in [1.29, 1.82) is 5.26 Å². The third kappa shape index (κ3) is 4.92. The molecule has 0 unspecified atom stereocenters. The van der Waals surface area contributed by atoms with Crippen LogP contribution in [0.15, 0.2) is 18.2 Å². The second-order valence-electron chi connectivity index (χ2n) is 5.27. The van der Waals surface area contributed by atoms with Crippen LogP contribution in [-0.2, 0) is 11.3 Å². The van der Waals surface area contributed by atoms with Gasteiger partial charge in [-0.05, 0) is 36.6 Å². The average molecular weight is 276 g/mol. The second kappa shape index (κ2) is 7.98. The summed E-state index contributed by atoms with van der Waals surface area (Å²) in [6.07, 6.45) is 6.66. The number of ether oxygens (including phenoxy) is 1. The third-order valence-corrected chi connectivity index (χ3v) is 3.60. The summed E-state index contributed by atoms with van der Waals surface area (Å²) in [4.78, 5) is 0. The first-order valence-corrected chi connectivity index (χ1v) is 7.30. The van der Waals surface area contributed by atoms with E-state index in [0.717, 1.165) is 12.1 Å². The first kappa shape index (κ1) is 15.0. The van der Waals surface area contributed by atoms with Gasteiger partial charge in [0.1, 0.15) is 5.82 Å². The third-order valence-electron chi connectivity index (χ3n) is 3.60. The Bertz CT molecular complexity index is 464. The molecule has 0 saturated heterocycles. The lowest BCUT2D eigenvalue weighted by Crippen LogP contribution is -2.24. The van der Waals surface area contributed by atoms with E-state index in [9.17, 15) is 4.39 Å². The Balaban J connectivity index is 1.65. The van der Waals surface area contributed by atoms with Crippen molar-refractivity contribution < 1.29 is 9.13 Å². The maximum absolute atomic E-state index is 13.2. The summed E-state index contributed by atoms with van der Waals surface area (Å²) in [7, 11) is 0. The monoisotopic (exact) mass is 276 g/mol. The maximum atomic E-state index is 13.2. The lowest BCUT2D eigenvalue weighted by Gasteiger charge is -2.22. The van der Waals surface area contributed by atoms with Gasteiger partial charge in [0.05, 0.1) is 24.3 Å². The zero-order valence-electron chi connectivity index (χ0n) is 11.7. The van der Waals surface area contributed by atoms with Crippen molar-refractivity contribution in [2.24, 2.45) is 0 Å². The van der Waals surface area contributed by atoms with Crippen molar-refractivity contribution in [1.82, 2.24) is 5.32 Å². The molecule has 0 atom stereocenters. The van der Waals surface area contributed by atoms with E-state index in [4.69, 9.17) is 10.00 Å². The number of hydrogen-bond donors (Lipinski definition) is 1. The predicted octanol–water partition coefficient (Wildman–Crippen LogP) is 3.14. The van der Waals surface area contributed by atoms with Crippen LogP contribution in [0.4, 0.5) is 4.39 Å². The zero-order valence-corrected chi connectivity index (χ0v) is 11.7. The number of benzene rings is 1. The molecule has 2 rings (SSSR count). The molecule has 1 fully saturated rings. The summed E-state index contributed by atoms with van der Waals surface area (Å²) in [6.45, 7) is 1.99. The number of rotatable bonds is 6. The number of nitriles is 1. The van der Waals surface area contributed by atoms with Gasteiger partial charge in [-0.2, -0.15) is 5.26 Å². The minimum atomic E-state index is -0.362. The summed E-state index contributed by atoms with van der Waals surface area (Å²) in [6, 6.07) is 6.37. The second-order valence-corrected chi connectivity index (χ2v) is 5.27. The Kier molecular flexibility index (Phi) is 5.97. The normalized spacial score (nSPS) is 16.0. The molecule has 108 valence electrons. The highest BCUT2D eigenvalue weighted by atomic mass is 19.1. The number of hydrogen-bond acceptors (Lipinski definition) is 3. The van der Waals surface area contributed by atoms with Crippen molar-refractivity contribution in [2.75, 3.05) is 13.2 Å². The average Bonchev–Trinajstić information content (AvgIpc) is 2.47. The molecule has 0 radical (unpaired) electrons. The largest absolute Gasteiger partial charge is 0.377 e. The van der Waals surface area contributed by atoms with Gasteiger partial charge in [0.2, 0.25) is 0 Å². The van der Waals surface area contributed by atoms with Gasteiger partial charge in [0.25, 0.3) is 0 Å². The van der Waals surface area contributed by atoms with Gasteiger partial charge in [-0.15, -0.1) is 0 Å². The molecule has 0 amide bonds. The Labute approximate surface area is 119 Å². The Hall–Kier alpha value is -1.44. The fraction of sp³-hybridized carbons (Fsp3) is 0.562. The Morgan fingerprint density at radius 2 is 2.05 bits per heavy atom. The van der Waals surface area contributed by atoms with Crippen LogP contribution in [0.2, 0.25) is 0 Å². The van der Waals surface area contributed by atoms with E-state index in [2.05, 4.69) is 5.32 Å². The molecule has 4 heteroatoms. The minimum absolute atomic E-state index is 0.361. The molecular weight excluding hydrogens is 255 g/mol. The lowest BCUT2D eigenvalue weighted by molar-refractivity contribution is 0.0302. The van der Waals surface area contributed by atoms with Gasteiger partial charge in [0.15, 0.2) is 0 Å². The molecule has 1 N–H and O–H groups in total. The summed E-state index contributed by atoms with van der Waals surface area (Å²) in [5, 5.41) is 12.0. The summed E-state index contributed by atoms with van der Waals surface area (Å²) >= 11 is 0. The lowest BCUT2D eigenvalue weighted by atomic mass is 9.98. The van der Waals surface area contributed by atoms with E-state index in [1.807, 2.05) is 6.07 Å². The smallest absolute Gasteiger partial charge is 0.124 e. The topological polar surface area (TPSA) is 45.0 Å². The SMILES string of the molecule is N#Cc1cc(F)cc(CNCCOC2CCCCC2)c1. The van der Waals surface area contributed by atoms with Crippen molar-refractivity contribution in [3.63, 3.8) is 0 Å². The molecule has 0 aliphatic heterocycles. The molecule has 1 aromatic rings. The van der Waals surface area contributed by atoms with E-state index in [0.29, 0.717) is 24.8 Å². The van der Waals surface area contributed by atoms with Crippen LogP contribution >= 0.6 is 0 Å². The first-order chi connectivity index (χ1) is 9.78. The summed E-state index contributed by atoms with van der Waals surface area (Å²) in [5.41, 5.74) is 1.15. The number of nitrogens with zero attached hydrogens (tertiary/aromatic N) is 1. The molecule has 0 bridgehead atoms. The molecule has 0 aromatic heterocycles. The van der Waals surface area contributed by atoms with Crippen LogP contribution in [-0.4, -0.2) is 19.3 Å². The van der Waals surface area contributed by atoms with E-state index < -0.39 is 0 Å². The van der Waals surface area contributed by atoms with Crippen molar-refractivity contribution in [2.45, 2.75) is 44.8 Å². The standard InChI is InChI=1S/C16H21FN2O/c17-15-9-13(11-18)8-14(10-15)12-19-6-7-20-16-4-2-1-3-5-16/h8-10,16,19H,1-7,12H2. The minimum Gasteiger partial charge on any atom is -0.377 e. The first-order valence-electron chi connectivity index (χ1n) is 7.30. The molecule has 1 aromatic carbocycles. The van der Waals surface area contributed by atoms with Crippen LogP contribution in [0.5, 0.6) is 0 Å². The molecule has 3 nitrogen and oxygen atoms in total. The molecule has 0 heterocycles. The molecule has 0 spiro atoms. The van der Waals surface area contributed by atoms with Gasteiger partial charge in [-0.1, -0.05) is 19.3 Å². The molecular formula is C16H21FN2O. The number of halogens is 1. The van der Waals surface area contributed by atoms with Gasteiger partial charge >= 0.3 is 0 Å². The molecule has 1 aliphatic carbocycles. The summed E-state index contributed by atoms with van der Waals surface area (Å²) < 4.78 is 19.0. The van der Waals surface area contributed by atoms with Gasteiger partial charge < -0.3 is 10.1 Å². The van der Waals surface area contributed by atoms with E-state index >= 15 is 0 Å². The maximum Gasteiger partial charge on any atom is 0.124 e. The Morgan fingerprint density at radius 3 is 2.80 bits per heavy atom. The highest BCUT2D eigenvalue weighted by Gasteiger charge is 2.12. The predicted molar refractivity (Wildman–Crippen MR) is 75.6 cm³/mol. The van der Waals surface area contributed by atoms with Gasteiger partial charge in [-0.25, -0.2) is 4.39 Å². The van der Waals surface area contributed by atoms with Gasteiger partial charge in [-0.3, -0.25) is 0 Å². The van der Waals surface area contributed by atoms with Crippen molar-refractivity contribution in [3.8, 4) is 6.07 Å². The van der Waals surface area contributed by atoms with Crippen molar-refractivity contribution >= 4 is 0 Å². The van der Waals surface area contributed by atoms with E-state index in [-0.39, 0.29) is 5.82 Å². The van der Waals surface area contributed by atoms with Crippen molar-refractivity contribution in [3.05, 3.63) is 35.1 Å². The number of nitrogens with one attached hydrogen (secondary N) is 1. The highest BCUT2D eigenvalue weighted by Crippen LogP contribution is 2.19. The van der Waals surface area contributed by atoms with E-state index in [1.165, 1.54) is 44.2 Å². The molecule has 1 aliphatic rings. The summed E-state index contributed by atoms with van der Waals surface area (Å²) in [5.74, 6) is -0.362. The van der Waals surface area contributed by atoms with Crippen LogP contribution in [0.25, 0.3) is 0 Å². The van der Waals surface area contributed by atoms with Gasteiger partial charge in [0, 0.05) is 13.1 Å². The quantitative estimate of drug-likeness (QED) is 0.812. The highest BCUT2D eigenvalue weighted by molar-refractivity contribution is 5.33. The Morgan fingerprint density at radius 1 is 1.25 bits per heavy atom. The van der Waals surface area contributed by atoms with Crippen LogP contribution in [0.1, 0.15) is 43.2 Å². The zero-order chi connectivity index (χ0) is 14.2. The fourth-order valence-electron chi connectivity index (χ4n) is 2.58. The fourth-order valence-corrected chi connectivity index (χ4v) is 2.58. The van der Waals surface area contributed by atoms with E-state index in [1.54, 1.807) is 6.07 Å². The van der Waals surface area contributed by atoms with Crippen LogP contribution in [0, 0.1) is 17.1 Å².